The molecule has 226 valence electrons. The molecule has 4 heterocycles. The van der Waals surface area contributed by atoms with E-state index in [0.29, 0.717) is 5.82 Å². The zero-order valence-corrected chi connectivity index (χ0v) is 26.0. The third-order valence-electron chi connectivity index (χ3n) is 8.23. The lowest BCUT2D eigenvalue weighted by atomic mass is 9.99. The Bertz CT molecular complexity index is 2230. The predicted octanol–water partition coefficient (Wildman–Crippen LogP) is 10.3. The van der Waals surface area contributed by atoms with Crippen molar-refractivity contribution in [1.82, 2.24) is 24.9 Å². The molecule has 4 aromatic carbocycles. The van der Waals surface area contributed by atoms with E-state index < -0.39 is 0 Å². The first-order chi connectivity index (χ1) is 23.8. The van der Waals surface area contributed by atoms with E-state index in [1.807, 2.05) is 85.1 Å². The Kier molecular flexibility index (Phi) is 7.83. The topological polar surface area (TPSA) is 64.5 Å². The van der Waals surface area contributed by atoms with Crippen LogP contribution in [-0.4, -0.2) is 24.9 Å². The largest absolute Gasteiger partial charge is 0.255 e. The summed E-state index contributed by atoms with van der Waals surface area (Å²) in [5.74, 6) is 0.614. The van der Waals surface area contributed by atoms with E-state index in [2.05, 4.69) is 89.9 Å². The van der Waals surface area contributed by atoms with Crippen LogP contribution in [0.5, 0.6) is 0 Å². The van der Waals surface area contributed by atoms with Crippen LogP contribution >= 0.6 is 0 Å². The number of pyridine rings is 3. The highest BCUT2D eigenvalue weighted by Gasteiger charge is 2.14. The van der Waals surface area contributed by atoms with Crippen molar-refractivity contribution in [2.24, 2.45) is 0 Å². The van der Waals surface area contributed by atoms with E-state index in [0.717, 1.165) is 62.0 Å². The molecule has 8 rings (SSSR count). The number of aromatic nitrogens is 5. The summed E-state index contributed by atoms with van der Waals surface area (Å²) in [6, 6.07) is 55.5. The van der Waals surface area contributed by atoms with Crippen LogP contribution in [0.4, 0.5) is 0 Å². The van der Waals surface area contributed by atoms with E-state index in [1.165, 1.54) is 11.1 Å². The van der Waals surface area contributed by atoms with E-state index in [1.54, 1.807) is 6.20 Å². The van der Waals surface area contributed by atoms with Gasteiger partial charge < -0.3 is 0 Å². The van der Waals surface area contributed by atoms with Crippen molar-refractivity contribution >= 4 is 0 Å². The third kappa shape index (κ3) is 6.13. The second-order valence-electron chi connectivity index (χ2n) is 11.4. The predicted molar refractivity (Wildman–Crippen MR) is 193 cm³/mol. The van der Waals surface area contributed by atoms with Gasteiger partial charge in [-0.05, 0) is 64.7 Å². The Hall–Kier alpha value is -6.59. The van der Waals surface area contributed by atoms with E-state index in [9.17, 15) is 0 Å². The second-order valence-corrected chi connectivity index (χ2v) is 11.4. The minimum absolute atomic E-state index is 0.614. The first-order valence-corrected chi connectivity index (χ1v) is 15.8. The molecule has 0 saturated heterocycles. The number of benzene rings is 4. The van der Waals surface area contributed by atoms with Gasteiger partial charge in [-0.25, -0.2) is 15.0 Å². The number of hydrogen-bond acceptors (Lipinski definition) is 5. The van der Waals surface area contributed by atoms with Crippen molar-refractivity contribution in [2.45, 2.75) is 0 Å². The molecule has 0 fully saturated rings. The normalized spacial score (nSPS) is 10.9. The molecule has 0 unspecified atom stereocenters. The molecule has 0 aliphatic carbocycles. The maximum absolute atomic E-state index is 5.02. The van der Waals surface area contributed by atoms with Crippen molar-refractivity contribution in [1.29, 1.82) is 0 Å². The lowest BCUT2D eigenvalue weighted by molar-refractivity contribution is 1.17. The van der Waals surface area contributed by atoms with Crippen LogP contribution in [0.3, 0.4) is 0 Å². The molecule has 5 heteroatoms. The summed E-state index contributed by atoms with van der Waals surface area (Å²) >= 11 is 0. The lowest BCUT2D eigenvalue weighted by Crippen LogP contribution is -1.97. The summed E-state index contributed by atoms with van der Waals surface area (Å²) in [6.07, 6.45) is 3.62. The molecule has 48 heavy (non-hydrogen) atoms. The fourth-order valence-electron chi connectivity index (χ4n) is 5.73. The molecule has 0 aliphatic heterocycles. The molecule has 0 N–H and O–H groups in total. The maximum Gasteiger partial charge on any atom is 0.161 e. The maximum atomic E-state index is 5.02. The van der Waals surface area contributed by atoms with Crippen LogP contribution in [0.2, 0.25) is 0 Å². The second kappa shape index (κ2) is 13.0. The molecule has 8 aromatic rings. The molecule has 4 aromatic heterocycles. The highest BCUT2D eigenvalue weighted by Crippen LogP contribution is 2.32. The quantitative estimate of drug-likeness (QED) is 0.178. The zero-order valence-electron chi connectivity index (χ0n) is 26.0. The summed E-state index contributed by atoms with van der Waals surface area (Å²) in [5, 5.41) is 0. The molecular formula is C43H29N5. The summed E-state index contributed by atoms with van der Waals surface area (Å²) in [7, 11) is 0. The summed E-state index contributed by atoms with van der Waals surface area (Å²) in [6.45, 7) is 0. The van der Waals surface area contributed by atoms with Gasteiger partial charge in [-0.1, -0.05) is 121 Å². The molecule has 0 spiro atoms. The fraction of sp³-hybridized carbons (Fsp3) is 0. The highest BCUT2D eigenvalue weighted by molar-refractivity contribution is 5.77. The summed E-state index contributed by atoms with van der Waals surface area (Å²) < 4.78 is 0. The third-order valence-corrected chi connectivity index (χ3v) is 8.23. The molecule has 0 atom stereocenters. The fourth-order valence-corrected chi connectivity index (χ4v) is 5.73. The highest BCUT2D eigenvalue weighted by atomic mass is 14.9. The van der Waals surface area contributed by atoms with Gasteiger partial charge in [-0.2, -0.15) is 0 Å². The van der Waals surface area contributed by atoms with Crippen molar-refractivity contribution in [3.63, 3.8) is 0 Å². The van der Waals surface area contributed by atoms with Crippen molar-refractivity contribution in [2.75, 3.05) is 0 Å². The molecule has 5 nitrogen and oxygen atoms in total. The van der Waals surface area contributed by atoms with Gasteiger partial charge in [0.25, 0.3) is 0 Å². The lowest BCUT2D eigenvalue weighted by Gasteiger charge is -2.11. The van der Waals surface area contributed by atoms with Gasteiger partial charge in [0.1, 0.15) is 0 Å². The van der Waals surface area contributed by atoms with Gasteiger partial charge in [0.2, 0.25) is 0 Å². The first-order valence-electron chi connectivity index (χ1n) is 15.8. The van der Waals surface area contributed by atoms with Gasteiger partial charge in [-0.3, -0.25) is 9.97 Å². The monoisotopic (exact) mass is 615 g/mol. The molecule has 0 radical (unpaired) electrons. The number of nitrogens with zero attached hydrogens (tertiary/aromatic N) is 5. The standard InChI is InChI=1S/C43H29N5/c1-4-12-30(13-5-1)31-19-21-32(22-20-31)36-26-41(37-18-10-11-25-44-37)46-42(27-36)38-24-23-35(29-45-38)43-47-39(33-14-6-2-7-15-33)28-40(48-43)34-16-8-3-9-17-34/h1-29H. The average molecular weight is 616 g/mol. The molecule has 0 bridgehead atoms. The minimum Gasteiger partial charge on any atom is -0.255 e. The van der Waals surface area contributed by atoms with Gasteiger partial charge >= 0.3 is 0 Å². The molecule has 0 saturated carbocycles. The van der Waals surface area contributed by atoms with Crippen LogP contribution in [0.15, 0.2) is 176 Å². The average Bonchev–Trinajstić information content (AvgIpc) is 3.19. The SMILES string of the molecule is c1ccc(-c2ccc(-c3cc(-c4ccccn4)nc(-c4ccc(-c5nc(-c6ccccc6)cc(-c6ccccc6)n5)cn4)c3)cc2)cc1. The Balaban J connectivity index is 1.18. The Morgan fingerprint density at radius 1 is 0.271 bits per heavy atom. The zero-order chi connectivity index (χ0) is 32.1. The van der Waals surface area contributed by atoms with Gasteiger partial charge in [-0.15, -0.1) is 0 Å². The molecule has 0 aliphatic rings. The van der Waals surface area contributed by atoms with Crippen LogP contribution in [0.25, 0.3) is 78.9 Å². The van der Waals surface area contributed by atoms with Crippen molar-refractivity contribution < 1.29 is 0 Å². The van der Waals surface area contributed by atoms with Crippen LogP contribution in [-0.2, 0) is 0 Å². The Labute approximate surface area is 279 Å². The first kappa shape index (κ1) is 28.9. The van der Waals surface area contributed by atoms with Crippen LogP contribution in [0.1, 0.15) is 0 Å². The summed E-state index contributed by atoms with van der Waals surface area (Å²) in [5.41, 5.74) is 12.2. The summed E-state index contributed by atoms with van der Waals surface area (Å²) in [4.78, 5) is 24.4. The number of hydrogen-bond donors (Lipinski definition) is 0. The Morgan fingerprint density at radius 2 is 0.750 bits per heavy atom. The van der Waals surface area contributed by atoms with Gasteiger partial charge in [0, 0.05) is 29.1 Å². The minimum atomic E-state index is 0.614. The van der Waals surface area contributed by atoms with Gasteiger partial charge in [0.05, 0.1) is 34.2 Å². The molecular weight excluding hydrogens is 587 g/mol. The van der Waals surface area contributed by atoms with Crippen LogP contribution < -0.4 is 0 Å². The molecule has 0 amide bonds. The van der Waals surface area contributed by atoms with E-state index in [-0.39, 0.29) is 0 Å². The van der Waals surface area contributed by atoms with Crippen molar-refractivity contribution in [3.05, 3.63) is 176 Å². The van der Waals surface area contributed by atoms with Gasteiger partial charge in [0.15, 0.2) is 5.82 Å². The van der Waals surface area contributed by atoms with Crippen molar-refractivity contribution in [3.8, 4) is 78.9 Å². The van der Waals surface area contributed by atoms with Crippen LogP contribution in [0, 0.1) is 0 Å². The Morgan fingerprint density at radius 3 is 1.27 bits per heavy atom. The van der Waals surface area contributed by atoms with E-state index >= 15 is 0 Å². The smallest absolute Gasteiger partial charge is 0.161 e. The van der Waals surface area contributed by atoms with E-state index in [4.69, 9.17) is 19.9 Å². The number of rotatable bonds is 7.